The van der Waals surface area contributed by atoms with Gasteiger partial charge in [-0.2, -0.15) is 5.26 Å². The molecule has 1 fully saturated rings. The van der Waals surface area contributed by atoms with Crippen molar-refractivity contribution < 1.29 is 50.4 Å². The van der Waals surface area contributed by atoms with Crippen molar-refractivity contribution in [2.75, 3.05) is 26.4 Å². The molecule has 0 spiro atoms. The van der Waals surface area contributed by atoms with Crippen molar-refractivity contribution in [1.29, 1.82) is 5.26 Å². The first-order chi connectivity index (χ1) is 11.0. The monoisotopic (exact) mass is 517 g/mol. The van der Waals surface area contributed by atoms with Gasteiger partial charge in [-0.25, -0.2) is 4.57 Å². The number of nitrogens with zero attached hydrogens (tertiary/aromatic N) is 1. The van der Waals surface area contributed by atoms with Crippen LogP contribution in [0.4, 0.5) is 0 Å². The van der Waals surface area contributed by atoms with Gasteiger partial charge in [0.1, 0.15) is 12.2 Å². The molecule has 130 valence electrons. The molecule has 0 bridgehead atoms. The minimum atomic E-state index is -3.91. The van der Waals surface area contributed by atoms with E-state index in [1.54, 1.807) is 18.2 Å². The third-order valence-electron chi connectivity index (χ3n) is 2.73. The second kappa shape index (κ2) is 13.0. The number of allylic oxidation sites excluding steroid dienone is 2. The van der Waals surface area contributed by atoms with Crippen LogP contribution in [0.5, 0.6) is 0 Å². The number of phosphoric acid groups is 1. The van der Waals surface area contributed by atoms with Crippen LogP contribution in [0.25, 0.3) is 0 Å². The molecule has 0 aliphatic carbocycles. The van der Waals surface area contributed by atoms with Crippen molar-refractivity contribution in [3.05, 3.63) is 24.8 Å². The summed E-state index contributed by atoms with van der Waals surface area (Å²) in [6, 6.07) is 1.87. The molecule has 0 aromatic carbocycles. The number of hydrogen-bond acceptors (Lipinski definition) is 7. The normalized spacial score (nSPS) is 27.0. The van der Waals surface area contributed by atoms with Crippen LogP contribution in [0.2, 0.25) is 0 Å². The van der Waals surface area contributed by atoms with E-state index in [1.807, 2.05) is 6.07 Å². The Morgan fingerprint density at radius 2 is 2.26 bits per heavy atom. The summed E-state index contributed by atoms with van der Waals surface area (Å²) >= 11 is 0. The second-order valence-electron chi connectivity index (χ2n) is 4.38. The van der Waals surface area contributed by atoms with Gasteiger partial charge in [-0.3, -0.25) is 13.6 Å². The first kappa shape index (κ1) is 20.7. The predicted molar refractivity (Wildman–Crippen MR) is 80.0 cm³/mol. The van der Waals surface area contributed by atoms with E-state index in [9.17, 15) is 9.67 Å². The fraction of sp³-hybridized carbons (Fsp3) is 0.643. The van der Waals surface area contributed by atoms with Gasteiger partial charge >= 0.3 is 7.82 Å². The number of nitriles is 1. The van der Waals surface area contributed by atoms with E-state index >= 15 is 0 Å². The number of aliphatic hydroxyl groups is 1. The van der Waals surface area contributed by atoms with Gasteiger partial charge in [-0.1, -0.05) is 24.8 Å². The first-order valence-electron chi connectivity index (χ1n) is 7.53. The Kier molecular flexibility index (Phi) is 11.7. The molecule has 1 saturated heterocycles. The van der Waals surface area contributed by atoms with Gasteiger partial charge in [-0.15, -0.1) is 0 Å². The average Bonchev–Trinajstić information content (AvgIpc) is 2.86. The maximum Gasteiger partial charge on any atom is 0.475 e. The Morgan fingerprint density at radius 3 is 2.91 bits per heavy atom. The van der Waals surface area contributed by atoms with Gasteiger partial charge in [0, 0.05) is 34.1 Å². The van der Waals surface area contributed by atoms with Crippen LogP contribution >= 0.6 is 7.82 Å². The summed E-state index contributed by atoms with van der Waals surface area (Å²) in [5.74, 6) is 0. The average molecular weight is 517 g/mol. The van der Waals surface area contributed by atoms with Gasteiger partial charge in [0.15, 0.2) is 0 Å². The van der Waals surface area contributed by atoms with Gasteiger partial charge in [-0.05, 0) is 6.42 Å². The molecule has 0 amide bonds. The van der Waals surface area contributed by atoms with E-state index in [0.29, 0.717) is 6.42 Å². The molecule has 1 aliphatic rings. The Labute approximate surface area is 152 Å². The summed E-state index contributed by atoms with van der Waals surface area (Å²) in [4.78, 5) is 0. The van der Waals surface area contributed by atoms with Crippen molar-refractivity contribution in [1.82, 2.24) is 0 Å². The van der Waals surface area contributed by atoms with Crippen LogP contribution in [0.15, 0.2) is 24.8 Å². The number of rotatable bonds is 11. The number of hydrogen-bond donors (Lipinski definition) is 1. The molecular formula is C14H22NO6PW. The summed E-state index contributed by atoms with van der Waals surface area (Å²) in [5.41, 5.74) is 0. The Morgan fingerprint density at radius 1 is 1.52 bits per heavy atom. The van der Waals surface area contributed by atoms with E-state index in [1.165, 1.54) is 0 Å². The van der Waals surface area contributed by atoms with E-state index in [4.69, 9.17) is 24.9 Å². The second-order valence-corrected chi connectivity index (χ2v) is 6.00. The maximum atomic E-state index is 12.6. The number of aliphatic hydroxyl groups excluding tert-OH is 1. The molecule has 1 N–H and O–H groups in total. The number of phosphoric ester groups is 1. The molecule has 0 aromatic heterocycles. The first-order valence-corrected chi connectivity index (χ1v) is 8.41. The van der Waals surface area contributed by atoms with E-state index in [-0.39, 0.29) is 53.7 Å². The van der Waals surface area contributed by atoms with Crippen LogP contribution in [-0.4, -0.2) is 43.7 Å². The Balaban J connectivity index is 0.00000529. The van der Waals surface area contributed by atoms with E-state index in [2.05, 4.69) is 6.58 Å². The topological polar surface area (TPSA) is 98.0 Å². The van der Waals surface area contributed by atoms with Crippen LogP contribution < -0.4 is 0 Å². The van der Waals surface area contributed by atoms with Crippen molar-refractivity contribution in [2.45, 2.75) is 31.5 Å². The molecule has 1 heterocycles. The van der Waals surface area contributed by atoms with Gasteiger partial charge in [0.05, 0.1) is 33.7 Å². The minimum absolute atomic E-state index is 0. The molecule has 4 unspecified atom stereocenters. The molecule has 0 aromatic rings. The molecule has 23 heavy (non-hydrogen) atoms. The molecule has 4 atom stereocenters. The largest absolute Gasteiger partial charge is 0.475 e. The zero-order valence-corrected chi connectivity index (χ0v) is 16.5. The van der Waals surface area contributed by atoms with Gasteiger partial charge < -0.3 is 9.84 Å². The number of ether oxygens (including phenoxy) is 1. The van der Waals surface area contributed by atoms with Crippen LogP contribution in [0, 0.1) is 11.3 Å². The molecular weight excluding hydrogens is 493 g/mol. The van der Waals surface area contributed by atoms with E-state index in [0.717, 1.165) is 0 Å². The summed E-state index contributed by atoms with van der Waals surface area (Å²) < 4.78 is 41.0. The fourth-order valence-corrected chi connectivity index (χ4v) is 3.07. The summed E-state index contributed by atoms with van der Waals surface area (Å²) in [6.45, 7) is 2.30. The molecule has 1 rings (SSSR count). The van der Waals surface area contributed by atoms with E-state index < -0.39 is 26.6 Å². The predicted octanol–water partition coefficient (Wildman–Crippen LogP) is 2.34. The minimum Gasteiger partial charge on any atom is -0.394 e. The third kappa shape index (κ3) is 8.93. The molecule has 0 saturated carbocycles. The van der Waals surface area contributed by atoms with Gasteiger partial charge in [0.25, 0.3) is 0 Å². The summed E-state index contributed by atoms with van der Waals surface area (Å²) in [6.07, 6.45) is 4.26. The summed E-state index contributed by atoms with van der Waals surface area (Å²) in [5, 5.41) is 17.8. The molecule has 1 aliphatic heterocycles. The van der Waals surface area contributed by atoms with Crippen molar-refractivity contribution >= 4 is 7.82 Å². The van der Waals surface area contributed by atoms with Crippen molar-refractivity contribution in [2.24, 2.45) is 0 Å². The quantitative estimate of drug-likeness (QED) is 0.255. The van der Waals surface area contributed by atoms with Gasteiger partial charge in [0.2, 0.25) is 0 Å². The molecule has 0 radical (unpaired) electrons. The Bertz CT molecular complexity index is 486. The zero-order chi connectivity index (χ0) is 17.1. The standard InChI is InChI=1S/C14H22NO6P.W/c1-2-3-4-5-9-19-22(17,20-10-6-8-15)21-13-7-11-18-14(13)12-16;/h2-4,13-14,16H,1,5-7,9-12H2;/b4-3+;/i11T;. The van der Waals surface area contributed by atoms with Crippen LogP contribution in [0.1, 0.15) is 20.6 Å². The van der Waals surface area contributed by atoms with Crippen LogP contribution in [-0.2, 0) is 43.9 Å². The van der Waals surface area contributed by atoms with Crippen molar-refractivity contribution in [3.63, 3.8) is 0 Å². The SMILES string of the molecule is [3H]C1CC(OP(=O)(OCCC#N)OCC/C=C/C=C)C(CO)O1.[W]. The third-order valence-corrected chi connectivity index (χ3v) is 4.25. The maximum absolute atomic E-state index is 12.6. The smallest absolute Gasteiger partial charge is 0.394 e. The van der Waals surface area contributed by atoms with Crippen LogP contribution in [0.3, 0.4) is 0 Å². The Hall–Kier alpha value is -0.312. The molecule has 7 nitrogen and oxygen atoms in total. The molecule has 9 heteroatoms. The zero-order valence-electron chi connectivity index (χ0n) is 13.7. The van der Waals surface area contributed by atoms with Crippen molar-refractivity contribution in [3.8, 4) is 6.07 Å². The fourth-order valence-electron chi connectivity index (χ4n) is 1.68. The summed E-state index contributed by atoms with van der Waals surface area (Å²) in [7, 11) is -3.91.